The average Bonchev–Trinajstić information content (AvgIpc) is 0.947. The van der Waals surface area contributed by atoms with Crippen LogP contribution in [0, 0.1) is 0 Å². The summed E-state index contributed by atoms with van der Waals surface area (Å²) in [5.74, 6) is 0. The molecule has 568 valence electrons. The van der Waals surface area contributed by atoms with Gasteiger partial charge in [-0.25, -0.2) is 16.7 Å². The van der Waals surface area contributed by atoms with Crippen molar-refractivity contribution < 1.29 is 111 Å². The van der Waals surface area contributed by atoms with Crippen molar-refractivity contribution in [3.63, 3.8) is 0 Å². The van der Waals surface area contributed by atoms with E-state index >= 15 is 0 Å². The number of benzene rings is 8. The van der Waals surface area contributed by atoms with E-state index in [1.807, 2.05) is 257 Å². The molecule has 14 rings (SSSR count). The molecule has 0 spiro atoms. The Hall–Kier alpha value is -7.14. The maximum absolute atomic E-state index is 12.2. The average molecular weight is 1500 g/mol. The van der Waals surface area contributed by atoms with Gasteiger partial charge in [0.05, 0.1) is 91.5 Å². The summed E-state index contributed by atoms with van der Waals surface area (Å²) < 4.78 is 139. The Labute approximate surface area is 619 Å². The second-order valence-electron chi connectivity index (χ2n) is 25.9. The molecule has 6 heterocycles. The third-order valence-electron chi connectivity index (χ3n) is 18.1. The minimum atomic E-state index is -4.19. The van der Waals surface area contributed by atoms with Crippen molar-refractivity contribution in [2.45, 2.75) is 177 Å². The third kappa shape index (κ3) is 23.4. The zero-order chi connectivity index (χ0) is 74.1. The third-order valence-corrected chi connectivity index (χ3v) is 19.9. The molecule has 8 aromatic rings. The monoisotopic (exact) mass is 1500 g/mol. The van der Waals surface area contributed by atoms with Crippen molar-refractivity contribution in [3.05, 3.63) is 287 Å². The second-order valence-corrected chi connectivity index (χ2v) is 28.3. The van der Waals surface area contributed by atoms with Crippen LogP contribution in [0.4, 0.5) is 0 Å². The lowest BCUT2D eigenvalue weighted by molar-refractivity contribution is -0.322. The molecule has 0 amide bonds. The van der Waals surface area contributed by atoms with Crippen LogP contribution in [0.5, 0.6) is 0 Å². The van der Waals surface area contributed by atoms with Gasteiger partial charge in [0.25, 0.3) is 0 Å². The first kappa shape index (κ1) is 79.9. The molecule has 6 saturated heterocycles. The van der Waals surface area contributed by atoms with Crippen LogP contribution in [-0.2, 0) is 147 Å². The molecule has 0 aromatic heterocycles. The highest BCUT2D eigenvalue weighted by molar-refractivity contribution is 7.82. The van der Waals surface area contributed by atoms with Crippen LogP contribution >= 0.6 is 0 Å². The highest BCUT2D eigenvalue weighted by Gasteiger charge is 2.54. The van der Waals surface area contributed by atoms with Gasteiger partial charge in [0.2, 0.25) is 0 Å². The van der Waals surface area contributed by atoms with Gasteiger partial charge in [-0.2, -0.15) is 16.8 Å². The van der Waals surface area contributed by atoms with E-state index in [2.05, 4.69) is 4.18 Å². The van der Waals surface area contributed by atoms with Gasteiger partial charge >= 0.3 is 20.8 Å². The normalized spacial score (nSPS) is 29.1. The van der Waals surface area contributed by atoms with Gasteiger partial charge in [-0.3, -0.25) is 0 Å². The molecular formula is C80H92O24S2. The first-order chi connectivity index (χ1) is 51.6. The van der Waals surface area contributed by atoms with Crippen LogP contribution in [-0.4, -0.2) is 174 Å². The number of aliphatic hydroxyl groups excluding tert-OH is 4. The lowest BCUT2D eigenvalue weighted by Crippen LogP contribution is -2.63. The van der Waals surface area contributed by atoms with Crippen molar-refractivity contribution in [3.8, 4) is 0 Å². The summed E-state index contributed by atoms with van der Waals surface area (Å²) in [6.45, 7) is 5.40. The lowest BCUT2D eigenvalue weighted by Gasteiger charge is -2.46. The van der Waals surface area contributed by atoms with Crippen LogP contribution in [0.15, 0.2) is 243 Å². The SMILES string of the molecule is C[C@H]1O[C@@H]2COS(=O)(=O)O[C@H]2[C@@H]1OCc1ccccc1.C[C@H]1O[C@H](CO)[C@@H](O)[C@@H]1OCc1ccccc1.O=S1(=O)OC[C@H]2O[C@@H](OCc3ccccc3)[C@H](OCc3ccccc3)[C@@H](OCc3ccccc3)[C@@H]2O1.OC[C@H]1O[C@@H](OCc2ccccc2)[C@H](OCc2ccccc2)[C@@H](OCc2ccccc2)[C@@H]1O. The van der Waals surface area contributed by atoms with E-state index in [9.17, 15) is 32.2 Å². The minimum absolute atomic E-state index is 0.0253. The molecule has 106 heavy (non-hydrogen) atoms. The van der Waals surface area contributed by atoms with Gasteiger partial charge < -0.3 is 77.3 Å². The van der Waals surface area contributed by atoms with E-state index in [0.717, 1.165) is 44.5 Å². The molecule has 0 radical (unpaired) electrons. The topological polar surface area (TPSA) is 297 Å². The van der Waals surface area contributed by atoms with E-state index in [-0.39, 0.29) is 71.2 Å². The van der Waals surface area contributed by atoms with Crippen molar-refractivity contribution in [1.29, 1.82) is 0 Å². The number of ether oxygens (including phenoxy) is 12. The first-order valence-electron chi connectivity index (χ1n) is 35.2. The molecule has 0 unspecified atom stereocenters. The van der Waals surface area contributed by atoms with Crippen LogP contribution < -0.4 is 0 Å². The fraction of sp³-hybridized carbons (Fsp3) is 0.400. The maximum atomic E-state index is 12.2. The standard InChI is InChI=1S/C27H28O8S.C27H30O6.C13H16O6S.C13H18O4/c28-36(29)33-19-23-24(35-36)25(30-16-20-10-4-1-5-11-20)26(31-17-21-12-6-2-7-13-21)27(34-23)32-18-22-14-8-3-9-15-22;28-16-23-24(29)25(30-17-20-10-4-1-5-11-20)26(31-18-21-12-6-2-7-13-21)27(33-23)32-19-22-14-8-3-9-15-22;1-9-12(16-7-10-5-3-2-4-6-10)13-11(18-9)8-17-20(14,15)19-13;1-9-13(12(15)11(7-14)17-9)16-8-10-5-3-2-4-6-10/h1-15,23-27H,16-19H2;1-15,23-29H,16-19H2;2-6,9,11-13H,7-8H2,1H3;2-6,9,11-15H,7-8H2,1H3/t2*23-,24-,25+,26-,27-;2*9-,11-,12-,13-/m1111/s1. The number of aliphatic hydroxyl groups is 4. The van der Waals surface area contributed by atoms with E-state index in [0.29, 0.717) is 26.4 Å². The Balaban J connectivity index is 0.000000147. The second kappa shape index (κ2) is 40.3. The summed E-state index contributed by atoms with van der Waals surface area (Å²) in [6.07, 6.45) is -11.9. The summed E-state index contributed by atoms with van der Waals surface area (Å²) in [5, 5.41) is 39.7. The molecule has 6 aliphatic heterocycles. The maximum Gasteiger partial charge on any atom is 0.400 e. The number of rotatable bonds is 26. The summed E-state index contributed by atoms with van der Waals surface area (Å²) in [5.41, 5.74) is 7.85. The molecule has 26 heteroatoms. The largest absolute Gasteiger partial charge is 0.400 e. The summed E-state index contributed by atoms with van der Waals surface area (Å²) in [7, 11) is -8.12. The molecule has 0 saturated carbocycles. The van der Waals surface area contributed by atoms with E-state index in [1.54, 1.807) is 0 Å². The smallest absolute Gasteiger partial charge is 0.394 e. The molecule has 6 fully saturated rings. The van der Waals surface area contributed by atoms with E-state index < -0.39 is 113 Å². The van der Waals surface area contributed by atoms with Crippen molar-refractivity contribution in [1.82, 2.24) is 0 Å². The Morgan fingerprint density at radius 1 is 0.311 bits per heavy atom. The van der Waals surface area contributed by atoms with Crippen LogP contribution in [0.2, 0.25) is 0 Å². The molecule has 4 N–H and O–H groups in total. The fourth-order valence-corrected chi connectivity index (χ4v) is 14.3. The molecule has 6 aliphatic rings. The molecule has 8 aromatic carbocycles. The highest BCUT2D eigenvalue weighted by Crippen LogP contribution is 2.36. The van der Waals surface area contributed by atoms with Gasteiger partial charge in [0.15, 0.2) is 12.6 Å². The van der Waals surface area contributed by atoms with Gasteiger partial charge in [-0.1, -0.05) is 243 Å². The van der Waals surface area contributed by atoms with E-state index in [4.69, 9.17) is 74.5 Å². The summed E-state index contributed by atoms with van der Waals surface area (Å²) >= 11 is 0. The van der Waals surface area contributed by atoms with Crippen LogP contribution in [0.1, 0.15) is 58.4 Å². The molecule has 0 aliphatic carbocycles. The minimum Gasteiger partial charge on any atom is -0.394 e. The first-order valence-corrected chi connectivity index (χ1v) is 37.8. The van der Waals surface area contributed by atoms with Gasteiger partial charge in [0, 0.05) is 0 Å². The van der Waals surface area contributed by atoms with Crippen molar-refractivity contribution in [2.24, 2.45) is 0 Å². The van der Waals surface area contributed by atoms with Crippen molar-refractivity contribution >= 4 is 20.8 Å². The van der Waals surface area contributed by atoms with Crippen LogP contribution in [0.3, 0.4) is 0 Å². The predicted octanol–water partition coefficient (Wildman–Crippen LogP) is 8.94. The quantitative estimate of drug-likeness (QED) is 0.0393. The van der Waals surface area contributed by atoms with Gasteiger partial charge in [-0.15, -0.1) is 0 Å². The van der Waals surface area contributed by atoms with Gasteiger partial charge in [0.1, 0.15) is 85.5 Å². The number of hydrogen-bond acceptors (Lipinski definition) is 24. The molecule has 18 atom stereocenters. The Morgan fingerprint density at radius 2 is 0.566 bits per heavy atom. The summed E-state index contributed by atoms with van der Waals surface area (Å²) in [4.78, 5) is 0. The Kier molecular flexibility index (Phi) is 30.4. The lowest BCUT2D eigenvalue weighted by atomic mass is 9.98. The molecule has 0 bridgehead atoms. The Morgan fingerprint density at radius 3 is 0.915 bits per heavy atom. The van der Waals surface area contributed by atoms with Crippen LogP contribution in [0.25, 0.3) is 0 Å². The fourth-order valence-electron chi connectivity index (χ4n) is 12.6. The predicted molar refractivity (Wildman–Crippen MR) is 384 cm³/mol. The highest BCUT2D eigenvalue weighted by atomic mass is 32.3. The zero-order valence-electron chi connectivity index (χ0n) is 58.7. The van der Waals surface area contributed by atoms with Crippen molar-refractivity contribution in [2.75, 3.05) is 26.4 Å². The van der Waals surface area contributed by atoms with E-state index in [1.165, 1.54) is 0 Å². The summed E-state index contributed by atoms with van der Waals surface area (Å²) in [6, 6.07) is 77.6. The number of fused-ring (bicyclic) bond motifs is 2. The molecule has 24 nitrogen and oxygen atoms in total. The zero-order valence-corrected chi connectivity index (χ0v) is 60.4. The molecular weight excluding hydrogens is 1410 g/mol. The van der Waals surface area contributed by atoms with Gasteiger partial charge in [-0.05, 0) is 58.4 Å². The Bertz CT molecular complexity index is 4020. The number of hydrogen-bond donors (Lipinski definition) is 4.